The van der Waals surface area contributed by atoms with Gasteiger partial charge in [-0.2, -0.15) is 0 Å². The average Bonchev–Trinajstić information content (AvgIpc) is 2.88. The number of amidine groups is 1. The normalized spacial score (nSPS) is 10.6. The molecule has 0 aliphatic heterocycles. The van der Waals surface area contributed by atoms with E-state index in [9.17, 15) is 0 Å². The maximum Gasteiger partial charge on any atom is 0.126 e. The van der Waals surface area contributed by atoms with Crippen LogP contribution in [0.1, 0.15) is 11.4 Å². The van der Waals surface area contributed by atoms with Crippen LogP contribution in [0.3, 0.4) is 0 Å². The molecule has 0 unspecified atom stereocenters. The molecule has 3 rings (SSSR count). The molecule has 0 saturated heterocycles. The molecule has 1 heterocycles. The third-order valence-corrected chi connectivity index (χ3v) is 3.09. The highest BCUT2D eigenvalue weighted by Gasteiger charge is 2.02. The molecule has 3 aromatic rings. The Morgan fingerprint density at radius 1 is 1.15 bits per heavy atom. The van der Waals surface area contributed by atoms with Crippen LogP contribution in [-0.4, -0.2) is 15.8 Å². The van der Waals surface area contributed by atoms with Crippen LogP contribution in [0.4, 0.5) is 5.69 Å². The Morgan fingerprint density at radius 3 is 2.60 bits per heavy atom. The van der Waals surface area contributed by atoms with Crippen molar-refractivity contribution in [2.24, 2.45) is 5.73 Å². The summed E-state index contributed by atoms with van der Waals surface area (Å²) in [4.78, 5) is 7.77. The minimum Gasteiger partial charge on any atom is -0.384 e. The highest BCUT2D eigenvalue weighted by atomic mass is 15.0. The van der Waals surface area contributed by atoms with Crippen LogP contribution in [0.5, 0.6) is 0 Å². The van der Waals surface area contributed by atoms with Gasteiger partial charge in [0.05, 0.1) is 17.6 Å². The maximum atomic E-state index is 7.35. The highest BCUT2D eigenvalue weighted by Crippen LogP contribution is 2.13. The van der Waals surface area contributed by atoms with Crippen LogP contribution in [0.2, 0.25) is 0 Å². The van der Waals surface area contributed by atoms with Crippen molar-refractivity contribution >= 4 is 22.6 Å². The summed E-state index contributed by atoms with van der Waals surface area (Å²) in [6.45, 7) is 0.619. The van der Waals surface area contributed by atoms with Crippen molar-refractivity contribution in [3.8, 4) is 0 Å². The lowest BCUT2D eigenvalue weighted by atomic mass is 10.2. The number of H-pyrrole nitrogens is 1. The SMILES string of the molecule is N=C(N)c1ccc(NCc2nc3ccccc3[nH]2)cc1. The molecule has 0 fully saturated rings. The summed E-state index contributed by atoms with van der Waals surface area (Å²) >= 11 is 0. The van der Waals surface area contributed by atoms with E-state index in [1.807, 2.05) is 48.5 Å². The summed E-state index contributed by atoms with van der Waals surface area (Å²) < 4.78 is 0. The summed E-state index contributed by atoms with van der Waals surface area (Å²) in [7, 11) is 0. The number of para-hydroxylation sites is 2. The van der Waals surface area contributed by atoms with Crippen LogP contribution in [0.15, 0.2) is 48.5 Å². The second kappa shape index (κ2) is 5.05. The van der Waals surface area contributed by atoms with Gasteiger partial charge in [-0.3, -0.25) is 5.41 Å². The van der Waals surface area contributed by atoms with Gasteiger partial charge < -0.3 is 16.0 Å². The van der Waals surface area contributed by atoms with E-state index in [4.69, 9.17) is 11.1 Å². The van der Waals surface area contributed by atoms with E-state index in [1.165, 1.54) is 0 Å². The van der Waals surface area contributed by atoms with Gasteiger partial charge in [0.1, 0.15) is 11.7 Å². The first kappa shape index (κ1) is 12.2. The van der Waals surface area contributed by atoms with Crippen molar-refractivity contribution in [3.05, 3.63) is 59.9 Å². The molecule has 2 aromatic carbocycles. The molecule has 1 aromatic heterocycles. The molecule has 0 aliphatic carbocycles. The Hall–Kier alpha value is -2.82. The minimum absolute atomic E-state index is 0.0776. The molecule has 0 radical (unpaired) electrons. The van der Waals surface area contributed by atoms with Gasteiger partial charge >= 0.3 is 0 Å². The first-order chi connectivity index (χ1) is 9.72. The van der Waals surface area contributed by atoms with Crippen molar-refractivity contribution in [1.29, 1.82) is 5.41 Å². The number of imidazole rings is 1. The van der Waals surface area contributed by atoms with E-state index in [-0.39, 0.29) is 5.84 Å². The van der Waals surface area contributed by atoms with Crippen LogP contribution in [-0.2, 0) is 6.54 Å². The Kier molecular flexibility index (Phi) is 3.09. The lowest BCUT2D eigenvalue weighted by Gasteiger charge is -2.05. The lowest BCUT2D eigenvalue weighted by molar-refractivity contribution is 1.01. The maximum absolute atomic E-state index is 7.35. The number of nitrogens with two attached hydrogens (primary N) is 1. The lowest BCUT2D eigenvalue weighted by Crippen LogP contribution is -2.10. The summed E-state index contributed by atoms with van der Waals surface area (Å²) in [5.74, 6) is 0.968. The number of nitrogen functional groups attached to an aromatic ring is 1. The first-order valence-corrected chi connectivity index (χ1v) is 6.34. The summed E-state index contributed by atoms with van der Waals surface area (Å²) in [5.41, 5.74) is 9.12. The largest absolute Gasteiger partial charge is 0.384 e. The topological polar surface area (TPSA) is 90.6 Å². The Morgan fingerprint density at radius 2 is 1.90 bits per heavy atom. The zero-order valence-electron chi connectivity index (χ0n) is 10.9. The van der Waals surface area contributed by atoms with E-state index in [2.05, 4.69) is 15.3 Å². The van der Waals surface area contributed by atoms with E-state index in [1.54, 1.807) is 0 Å². The zero-order chi connectivity index (χ0) is 13.9. The van der Waals surface area contributed by atoms with E-state index in [0.717, 1.165) is 28.1 Å². The molecule has 5 heteroatoms. The van der Waals surface area contributed by atoms with Gasteiger partial charge in [0, 0.05) is 11.3 Å². The number of fused-ring (bicyclic) bond motifs is 1. The fraction of sp³-hybridized carbons (Fsp3) is 0.0667. The molecule has 5 nitrogen and oxygen atoms in total. The Bertz CT molecular complexity index is 709. The number of anilines is 1. The van der Waals surface area contributed by atoms with Gasteiger partial charge in [0.25, 0.3) is 0 Å². The van der Waals surface area contributed by atoms with Gasteiger partial charge in [-0.15, -0.1) is 0 Å². The monoisotopic (exact) mass is 265 g/mol. The molecular weight excluding hydrogens is 250 g/mol. The third-order valence-electron chi connectivity index (χ3n) is 3.09. The second-order valence-corrected chi connectivity index (χ2v) is 4.55. The number of aromatic amines is 1. The van der Waals surface area contributed by atoms with Crippen molar-refractivity contribution < 1.29 is 0 Å². The van der Waals surface area contributed by atoms with Crippen molar-refractivity contribution in [3.63, 3.8) is 0 Å². The molecular formula is C15H15N5. The first-order valence-electron chi connectivity index (χ1n) is 6.34. The molecule has 0 aliphatic rings. The second-order valence-electron chi connectivity index (χ2n) is 4.55. The number of hydrogen-bond acceptors (Lipinski definition) is 3. The fourth-order valence-electron chi connectivity index (χ4n) is 2.04. The van der Waals surface area contributed by atoms with Crippen molar-refractivity contribution in [2.75, 3.05) is 5.32 Å². The molecule has 5 N–H and O–H groups in total. The molecule has 0 saturated carbocycles. The van der Waals surface area contributed by atoms with Gasteiger partial charge in [-0.05, 0) is 36.4 Å². The Labute approximate surface area is 116 Å². The van der Waals surface area contributed by atoms with Crippen LogP contribution >= 0.6 is 0 Å². The van der Waals surface area contributed by atoms with Crippen molar-refractivity contribution in [1.82, 2.24) is 9.97 Å². The zero-order valence-corrected chi connectivity index (χ0v) is 10.9. The molecule has 20 heavy (non-hydrogen) atoms. The van der Waals surface area contributed by atoms with Crippen molar-refractivity contribution in [2.45, 2.75) is 6.54 Å². The molecule has 0 spiro atoms. The van der Waals surface area contributed by atoms with E-state index in [0.29, 0.717) is 6.54 Å². The highest BCUT2D eigenvalue weighted by molar-refractivity contribution is 5.95. The third kappa shape index (κ3) is 2.47. The number of rotatable bonds is 4. The van der Waals surface area contributed by atoms with Gasteiger partial charge in [0.15, 0.2) is 0 Å². The van der Waals surface area contributed by atoms with Gasteiger partial charge in [0.2, 0.25) is 0 Å². The number of nitrogens with one attached hydrogen (secondary N) is 3. The number of benzene rings is 2. The smallest absolute Gasteiger partial charge is 0.126 e. The van der Waals surface area contributed by atoms with Crippen LogP contribution in [0.25, 0.3) is 11.0 Å². The predicted molar refractivity (Wildman–Crippen MR) is 80.9 cm³/mol. The summed E-state index contributed by atoms with van der Waals surface area (Å²) in [6.07, 6.45) is 0. The summed E-state index contributed by atoms with van der Waals surface area (Å²) in [5, 5.41) is 10.6. The fourth-order valence-corrected chi connectivity index (χ4v) is 2.04. The molecule has 100 valence electrons. The van der Waals surface area contributed by atoms with Crippen LogP contribution < -0.4 is 11.1 Å². The minimum atomic E-state index is 0.0776. The number of aromatic nitrogens is 2. The molecule has 0 amide bonds. The van der Waals surface area contributed by atoms with E-state index < -0.39 is 0 Å². The van der Waals surface area contributed by atoms with Gasteiger partial charge in [-0.25, -0.2) is 4.98 Å². The molecule has 0 bridgehead atoms. The van der Waals surface area contributed by atoms with E-state index >= 15 is 0 Å². The average molecular weight is 265 g/mol. The summed E-state index contributed by atoms with van der Waals surface area (Å²) in [6, 6.07) is 15.4. The standard InChI is InChI=1S/C15H15N5/c16-15(17)10-5-7-11(8-6-10)18-9-14-19-12-3-1-2-4-13(12)20-14/h1-8,18H,9H2,(H3,16,17)(H,19,20). The van der Waals surface area contributed by atoms with Gasteiger partial charge in [-0.1, -0.05) is 12.1 Å². The quantitative estimate of drug-likeness (QED) is 0.431. The molecule has 0 atom stereocenters. The predicted octanol–water partition coefficient (Wildman–Crippen LogP) is 2.46. The number of nitrogens with zero attached hydrogens (tertiary/aromatic N) is 1. The number of hydrogen-bond donors (Lipinski definition) is 4. The van der Waals surface area contributed by atoms with Crippen LogP contribution in [0, 0.1) is 5.41 Å². The Balaban J connectivity index is 1.71.